The van der Waals surface area contributed by atoms with Gasteiger partial charge in [0.1, 0.15) is 0 Å². The van der Waals surface area contributed by atoms with Gasteiger partial charge < -0.3 is 20.5 Å². The van der Waals surface area contributed by atoms with Crippen molar-refractivity contribution in [2.45, 2.75) is 65.0 Å². The Morgan fingerprint density at radius 2 is 2.14 bits per heavy atom. The maximum absolute atomic E-state index is 12.2. The Balaban J connectivity index is 1.80. The van der Waals surface area contributed by atoms with Gasteiger partial charge >= 0.3 is 6.03 Å². The van der Waals surface area contributed by atoms with Crippen molar-refractivity contribution in [1.29, 1.82) is 0 Å². The van der Waals surface area contributed by atoms with Gasteiger partial charge in [0.2, 0.25) is 0 Å². The lowest BCUT2D eigenvalue weighted by atomic mass is 9.86. The van der Waals surface area contributed by atoms with Crippen molar-refractivity contribution >= 4 is 6.03 Å². The van der Waals surface area contributed by atoms with Gasteiger partial charge in [0.05, 0.1) is 12.7 Å². The maximum Gasteiger partial charge on any atom is 0.315 e. The van der Waals surface area contributed by atoms with Gasteiger partial charge in [0.25, 0.3) is 0 Å². The van der Waals surface area contributed by atoms with E-state index < -0.39 is 0 Å². The molecular weight excluding hydrogens is 280 g/mol. The predicted octanol–water partition coefficient (Wildman–Crippen LogP) is 2.29. The summed E-state index contributed by atoms with van der Waals surface area (Å²) in [6, 6.07) is -0.0411. The molecule has 2 amide bonds. The van der Waals surface area contributed by atoms with Gasteiger partial charge in [-0.05, 0) is 31.6 Å². The second-order valence-corrected chi connectivity index (χ2v) is 7.59. The fraction of sp³-hybridized carbons (Fsp3) is 0.941. The summed E-state index contributed by atoms with van der Waals surface area (Å²) in [5, 5.41) is 15.6. The summed E-state index contributed by atoms with van der Waals surface area (Å²) in [6.07, 6.45) is 5.41. The zero-order valence-electron chi connectivity index (χ0n) is 14.2. The molecule has 5 nitrogen and oxygen atoms in total. The second kappa shape index (κ2) is 7.64. The zero-order valence-corrected chi connectivity index (χ0v) is 14.2. The summed E-state index contributed by atoms with van der Waals surface area (Å²) >= 11 is 0. The Morgan fingerprint density at radius 1 is 1.36 bits per heavy atom. The van der Waals surface area contributed by atoms with Crippen molar-refractivity contribution in [3.63, 3.8) is 0 Å². The highest BCUT2D eigenvalue weighted by molar-refractivity contribution is 5.74. The standard InChI is InChI=1S/C17H32N2O3/c1-12(2)15-13(6-5-9-22-15)10-18-16(21)19-14-7-4-8-17(14,3)11-20/h12-15,20H,4-11H2,1-3H3,(H2,18,19,21). The van der Waals surface area contributed by atoms with Gasteiger partial charge in [-0.2, -0.15) is 0 Å². The number of carbonyl (C=O) groups excluding carboxylic acids is 1. The third kappa shape index (κ3) is 4.13. The average molecular weight is 312 g/mol. The second-order valence-electron chi connectivity index (χ2n) is 7.59. The van der Waals surface area contributed by atoms with E-state index in [1.165, 1.54) is 0 Å². The highest BCUT2D eigenvalue weighted by atomic mass is 16.5. The molecule has 0 radical (unpaired) electrons. The van der Waals surface area contributed by atoms with E-state index in [9.17, 15) is 9.90 Å². The minimum atomic E-state index is -0.175. The quantitative estimate of drug-likeness (QED) is 0.729. The van der Waals surface area contributed by atoms with Crippen LogP contribution in [0.3, 0.4) is 0 Å². The average Bonchev–Trinajstić information content (AvgIpc) is 2.87. The lowest BCUT2D eigenvalue weighted by Crippen LogP contribution is -2.50. The highest BCUT2D eigenvalue weighted by Crippen LogP contribution is 2.37. The number of rotatable bonds is 5. The molecule has 0 spiro atoms. The number of nitrogens with one attached hydrogen (secondary N) is 2. The van der Waals surface area contributed by atoms with Crippen LogP contribution in [0, 0.1) is 17.3 Å². The van der Waals surface area contributed by atoms with Crippen molar-refractivity contribution in [2.24, 2.45) is 17.3 Å². The normalized spacial score (nSPS) is 35.6. The molecule has 0 aromatic rings. The van der Waals surface area contributed by atoms with Crippen molar-refractivity contribution in [3.8, 4) is 0 Å². The van der Waals surface area contributed by atoms with E-state index in [0.717, 1.165) is 38.7 Å². The first-order valence-corrected chi connectivity index (χ1v) is 8.73. The molecule has 128 valence electrons. The van der Waals surface area contributed by atoms with Gasteiger partial charge in [-0.3, -0.25) is 0 Å². The number of hydrogen-bond donors (Lipinski definition) is 3. The Bertz CT molecular complexity index is 375. The van der Waals surface area contributed by atoms with E-state index >= 15 is 0 Å². The number of urea groups is 1. The van der Waals surface area contributed by atoms with Crippen molar-refractivity contribution in [3.05, 3.63) is 0 Å². The molecule has 1 saturated carbocycles. The molecule has 0 aromatic heterocycles. The molecular formula is C17H32N2O3. The SMILES string of the molecule is CC(C)C1OCCCC1CNC(=O)NC1CCCC1(C)CO. The first kappa shape index (κ1) is 17.5. The molecule has 4 atom stereocenters. The molecule has 1 aliphatic heterocycles. The minimum absolute atomic E-state index is 0.0704. The number of hydrogen-bond acceptors (Lipinski definition) is 3. The fourth-order valence-electron chi connectivity index (χ4n) is 3.92. The van der Waals surface area contributed by atoms with Gasteiger partial charge in [0, 0.05) is 30.5 Å². The molecule has 2 aliphatic rings. The van der Waals surface area contributed by atoms with Crippen LogP contribution in [-0.4, -0.2) is 43.0 Å². The Labute approximate surface area is 134 Å². The molecule has 3 N–H and O–H groups in total. The van der Waals surface area contributed by atoms with E-state index in [0.29, 0.717) is 18.4 Å². The number of amides is 2. The van der Waals surface area contributed by atoms with Gasteiger partial charge in [-0.25, -0.2) is 4.79 Å². The Kier molecular flexibility index (Phi) is 6.09. The van der Waals surface area contributed by atoms with Crippen LogP contribution in [0.1, 0.15) is 52.9 Å². The van der Waals surface area contributed by atoms with Crippen LogP contribution < -0.4 is 10.6 Å². The zero-order chi connectivity index (χ0) is 16.2. The summed E-state index contributed by atoms with van der Waals surface area (Å²) in [5.41, 5.74) is -0.175. The van der Waals surface area contributed by atoms with E-state index in [4.69, 9.17) is 4.74 Å². The van der Waals surface area contributed by atoms with Crippen LogP contribution in [0.4, 0.5) is 4.79 Å². The predicted molar refractivity (Wildman–Crippen MR) is 86.7 cm³/mol. The van der Waals surface area contributed by atoms with Crippen LogP contribution in [-0.2, 0) is 4.74 Å². The molecule has 0 bridgehead atoms. The summed E-state index contributed by atoms with van der Waals surface area (Å²) in [4.78, 5) is 12.2. The molecule has 2 rings (SSSR count). The lowest BCUT2D eigenvalue weighted by Gasteiger charge is -2.35. The first-order valence-electron chi connectivity index (χ1n) is 8.73. The number of carbonyl (C=O) groups is 1. The largest absolute Gasteiger partial charge is 0.396 e. The maximum atomic E-state index is 12.2. The summed E-state index contributed by atoms with van der Waals surface area (Å²) in [7, 11) is 0. The van der Waals surface area contributed by atoms with Crippen LogP contribution in [0.2, 0.25) is 0 Å². The summed E-state index contributed by atoms with van der Waals surface area (Å²) in [5.74, 6) is 0.870. The number of aliphatic hydroxyl groups is 1. The van der Waals surface area contributed by atoms with E-state index in [1.54, 1.807) is 0 Å². The Hall–Kier alpha value is -0.810. The van der Waals surface area contributed by atoms with Crippen molar-refractivity contribution in [2.75, 3.05) is 19.8 Å². The molecule has 5 heteroatoms. The van der Waals surface area contributed by atoms with Crippen molar-refractivity contribution in [1.82, 2.24) is 10.6 Å². The van der Waals surface area contributed by atoms with Crippen LogP contribution in [0.15, 0.2) is 0 Å². The molecule has 0 aromatic carbocycles. The molecule has 1 aliphatic carbocycles. The summed E-state index contributed by atoms with van der Waals surface area (Å²) in [6.45, 7) is 8.03. The third-order valence-electron chi connectivity index (χ3n) is 5.42. The summed E-state index contributed by atoms with van der Waals surface area (Å²) < 4.78 is 5.86. The number of aliphatic hydroxyl groups excluding tert-OH is 1. The molecule has 4 unspecified atom stereocenters. The van der Waals surface area contributed by atoms with E-state index in [2.05, 4.69) is 31.4 Å². The Morgan fingerprint density at radius 3 is 2.82 bits per heavy atom. The molecule has 22 heavy (non-hydrogen) atoms. The molecule has 1 heterocycles. The van der Waals surface area contributed by atoms with Crippen molar-refractivity contribution < 1.29 is 14.6 Å². The van der Waals surface area contributed by atoms with E-state index in [1.807, 2.05) is 0 Å². The van der Waals surface area contributed by atoms with Crippen LogP contribution in [0.25, 0.3) is 0 Å². The smallest absolute Gasteiger partial charge is 0.315 e. The number of ether oxygens (including phenoxy) is 1. The van der Waals surface area contributed by atoms with E-state index in [-0.39, 0.29) is 30.2 Å². The van der Waals surface area contributed by atoms with Crippen LogP contribution >= 0.6 is 0 Å². The highest BCUT2D eigenvalue weighted by Gasteiger charge is 2.39. The topological polar surface area (TPSA) is 70.6 Å². The van der Waals surface area contributed by atoms with Gasteiger partial charge in [-0.15, -0.1) is 0 Å². The monoisotopic (exact) mass is 312 g/mol. The fourth-order valence-corrected chi connectivity index (χ4v) is 3.92. The molecule has 1 saturated heterocycles. The van der Waals surface area contributed by atoms with Gasteiger partial charge in [0.15, 0.2) is 0 Å². The molecule has 2 fully saturated rings. The lowest BCUT2D eigenvalue weighted by molar-refractivity contribution is -0.0508. The van der Waals surface area contributed by atoms with Gasteiger partial charge in [-0.1, -0.05) is 27.2 Å². The first-order chi connectivity index (χ1) is 10.5. The third-order valence-corrected chi connectivity index (χ3v) is 5.42. The minimum Gasteiger partial charge on any atom is -0.396 e. The van der Waals surface area contributed by atoms with Crippen LogP contribution in [0.5, 0.6) is 0 Å².